The molecule has 2 aromatic heterocycles. The van der Waals surface area contributed by atoms with Crippen LogP contribution >= 0.6 is 0 Å². The van der Waals surface area contributed by atoms with Gasteiger partial charge in [0.25, 0.3) is 0 Å². The van der Waals surface area contributed by atoms with Crippen LogP contribution in [0.1, 0.15) is 0 Å². The molecule has 0 saturated carbocycles. The van der Waals surface area contributed by atoms with Crippen LogP contribution in [-0.2, 0) is 0 Å². The lowest BCUT2D eigenvalue weighted by Crippen LogP contribution is -2.21. The molecule has 3 nitrogen and oxygen atoms in total. The Kier molecular flexibility index (Phi) is 2.57. The second-order valence-electron chi connectivity index (χ2n) is 3.95. The molecule has 0 atom stereocenters. The first-order valence-electron chi connectivity index (χ1n) is 5.78. The molecule has 0 amide bonds. The van der Waals surface area contributed by atoms with Gasteiger partial charge in [-0.25, -0.2) is 0 Å². The summed E-state index contributed by atoms with van der Waals surface area (Å²) in [4.78, 5) is 4.04. The summed E-state index contributed by atoms with van der Waals surface area (Å²) in [6, 6.07) is 14.3. The fraction of sp³-hybridized carbons (Fsp3) is 0. The van der Waals surface area contributed by atoms with Gasteiger partial charge < -0.3 is 0 Å². The van der Waals surface area contributed by atoms with Crippen molar-refractivity contribution in [2.24, 2.45) is 0 Å². The zero-order chi connectivity index (χ0) is 12.4. The average Bonchev–Trinajstić information content (AvgIpc) is 2.85. The largest absolute Gasteiger partial charge is 0.265 e. The molecule has 0 aliphatic rings. The predicted molar refractivity (Wildman–Crippen MR) is 74.2 cm³/mol. The number of aromatic nitrogens is 2. The Morgan fingerprint density at radius 3 is 2.61 bits per heavy atom. The number of nitrogens with zero attached hydrogens (tertiary/aromatic N) is 3. The quantitative estimate of drug-likeness (QED) is 0.693. The van der Waals surface area contributed by atoms with Gasteiger partial charge in [0.15, 0.2) is 0 Å². The number of hydrogen-bond donors (Lipinski definition) is 0. The van der Waals surface area contributed by atoms with E-state index in [0.717, 1.165) is 11.2 Å². The number of pyridine rings is 1. The fourth-order valence-electron chi connectivity index (χ4n) is 2.07. The maximum atomic E-state index is 4.04. The minimum Gasteiger partial charge on any atom is -0.265 e. The number of rotatable bonds is 3. The molecule has 18 heavy (non-hydrogen) atoms. The van der Waals surface area contributed by atoms with Gasteiger partial charge in [-0.3, -0.25) is 14.7 Å². The number of para-hydroxylation sites is 1. The van der Waals surface area contributed by atoms with Crippen molar-refractivity contribution in [2.75, 3.05) is 5.01 Å². The van der Waals surface area contributed by atoms with Gasteiger partial charge >= 0.3 is 0 Å². The Morgan fingerprint density at radius 2 is 1.83 bits per heavy atom. The highest BCUT2D eigenvalue weighted by Gasteiger charge is 2.07. The summed E-state index contributed by atoms with van der Waals surface area (Å²) in [6.45, 7) is 3.88. The van der Waals surface area contributed by atoms with Gasteiger partial charge in [0.2, 0.25) is 0 Å². The zero-order valence-corrected chi connectivity index (χ0v) is 9.90. The summed E-state index contributed by atoms with van der Waals surface area (Å²) in [6.07, 6.45) is 7.38. The third-order valence-electron chi connectivity index (χ3n) is 2.91. The Balaban J connectivity index is 2.15. The molecule has 1 aromatic carbocycles. The minimum absolute atomic E-state index is 1.03. The van der Waals surface area contributed by atoms with Crippen molar-refractivity contribution in [3.8, 4) is 0 Å². The van der Waals surface area contributed by atoms with Gasteiger partial charge in [0.05, 0.1) is 11.2 Å². The fourth-order valence-corrected chi connectivity index (χ4v) is 2.07. The molecule has 3 aromatic rings. The lowest BCUT2D eigenvalue weighted by atomic mass is 10.2. The summed E-state index contributed by atoms with van der Waals surface area (Å²) in [5.74, 6) is 0. The van der Waals surface area contributed by atoms with E-state index in [9.17, 15) is 0 Å². The normalized spacial score (nSPS) is 10.4. The molecule has 0 spiro atoms. The number of anilines is 1. The molecular weight excluding hydrogens is 222 g/mol. The van der Waals surface area contributed by atoms with Gasteiger partial charge in [-0.05, 0) is 24.3 Å². The van der Waals surface area contributed by atoms with Crippen LogP contribution in [0.3, 0.4) is 0 Å². The lowest BCUT2D eigenvalue weighted by Gasteiger charge is -2.22. The number of hydrogen-bond acceptors (Lipinski definition) is 2. The Labute approximate surface area is 106 Å². The second kappa shape index (κ2) is 4.37. The summed E-state index contributed by atoms with van der Waals surface area (Å²) >= 11 is 0. The van der Waals surface area contributed by atoms with Crippen LogP contribution in [0, 0.1) is 0 Å². The summed E-state index contributed by atoms with van der Waals surface area (Å²) in [7, 11) is 0. The molecule has 3 heteroatoms. The number of benzene rings is 1. The van der Waals surface area contributed by atoms with Crippen molar-refractivity contribution >= 4 is 16.6 Å². The SMILES string of the molecule is C=CN(c1ccncc1)n1ccc2ccccc21. The van der Waals surface area contributed by atoms with Gasteiger partial charge in [-0.15, -0.1) is 0 Å². The van der Waals surface area contributed by atoms with E-state index in [1.54, 1.807) is 18.6 Å². The first-order valence-corrected chi connectivity index (χ1v) is 5.78. The minimum atomic E-state index is 1.03. The molecule has 0 unspecified atom stereocenters. The maximum Gasteiger partial charge on any atom is 0.0702 e. The van der Waals surface area contributed by atoms with E-state index in [2.05, 4.69) is 34.4 Å². The lowest BCUT2D eigenvalue weighted by molar-refractivity contribution is 0.846. The molecular formula is C15H13N3. The monoisotopic (exact) mass is 235 g/mol. The smallest absolute Gasteiger partial charge is 0.0702 e. The van der Waals surface area contributed by atoms with Crippen LogP contribution in [0.25, 0.3) is 10.9 Å². The van der Waals surface area contributed by atoms with Crippen LogP contribution in [-0.4, -0.2) is 9.66 Å². The van der Waals surface area contributed by atoms with Gasteiger partial charge in [-0.1, -0.05) is 24.8 Å². The van der Waals surface area contributed by atoms with E-state index in [1.807, 2.05) is 35.5 Å². The van der Waals surface area contributed by atoms with E-state index in [-0.39, 0.29) is 0 Å². The van der Waals surface area contributed by atoms with Crippen LogP contribution in [0.4, 0.5) is 5.69 Å². The highest BCUT2D eigenvalue weighted by molar-refractivity contribution is 5.81. The average molecular weight is 235 g/mol. The Bertz CT molecular complexity index is 670. The molecule has 3 rings (SSSR count). The van der Waals surface area contributed by atoms with E-state index in [0.29, 0.717) is 0 Å². The number of fused-ring (bicyclic) bond motifs is 1. The van der Waals surface area contributed by atoms with Crippen LogP contribution in [0.2, 0.25) is 0 Å². The van der Waals surface area contributed by atoms with Crippen LogP contribution in [0.5, 0.6) is 0 Å². The summed E-state index contributed by atoms with van der Waals surface area (Å²) in [5.41, 5.74) is 2.18. The molecule has 0 saturated heterocycles. The molecule has 0 N–H and O–H groups in total. The van der Waals surface area contributed by atoms with Gasteiger partial charge in [0.1, 0.15) is 0 Å². The van der Waals surface area contributed by atoms with Crippen molar-refractivity contribution in [3.05, 3.63) is 73.8 Å². The van der Waals surface area contributed by atoms with Crippen molar-refractivity contribution in [2.45, 2.75) is 0 Å². The molecule has 0 radical (unpaired) electrons. The third kappa shape index (κ3) is 1.66. The van der Waals surface area contributed by atoms with E-state index in [4.69, 9.17) is 0 Å². The standard InChI is InChI=1S/C15H13N3/c1-2-17(14-7-10-16-11-8-14)18-12-9-13-5-3-4-6-15(13)18/h2-12H,1H2. The topological polar surface area (TPSA) is 21.1 Å². The molecule has 2 heterocycles. The summed E-state index contributed by atoms with van der Waals surface area (Å²) < 4.78 is 2.07. The van der Waals surface area contributed by atoms with Crippen molar-refractivity contribution < 1.29 is 0 Å². The van der Waals surface area contributed by atoms with Crippen molar-refractivity contribution in [1.29, 1.82) is 0 Å². The molecule has 0 aliphatic heterocycles. The zero-order valence-electron chi connectivity index (χ0n) is 9.90. The van der Waals surface area contributed by atoms with Crippen molar-refractivity contribution in [1.82, 2.24) is 9.66 Å². The van der Waals surface area contributed by atoms with E-state index >= 15 is 0 Å². The van der Waals surface area contributed by atoms with Crippen LogP contribution < -0.4 is 5.01 Å². The molecule has 88 valence electrons. The van der Waals surface area contributed by atoms with E-state index < -0.39 is 0 Å². The van der Waals surface area contributed by atoms with Gasteiger partial charge in [0, 0.05) is 30.2 Å². The third-order valence-corrected chi connectivity index (χ3v) is 2.91. The first-order chi connectivity index (χ1) is 8.90. The Hall–Kier alpha value is -2.55. The highest BCUT2D eigenvalue weighted by atomic mass is 15.5. The highest BCUT2D eigenvalue weighted by Crippen LogP contribution is 2.21. The molecule has 0 bridgehead atoms. The van der Waals surface area contributed by atoms with Gasteiger partial charge in [-0.2, -0.15) is 0 Å². The first kappa shape index (κ1) is 10.6. The second-order valence-corrected chi connectivity index (χ2v) is 3.95. The molecule has 0 aliphatic carbocycles. The summed E-state index contributed by atoms with van der Waals surface area (Å²) in [5, 5.41) is 3.20. The maximum absolute atomic E-state index is 4.04. The predicted octanol–water partition coefficient (Wildman–Crippen LogP) is 3.45. The van der Waals surface area contributed by atoms with Crippen LogP contribution in [0.15, 0.2) is 73.8 Å². The Morgan fingerprint density at radius 1 is 1.06 bits per heavy atom. The van der Waals surface area contributed by atoms with Crippen molar-refractivity contribution in [3.63, 3.8) is 0 Å². The van der Waals surface area contributed by atoms with E-state index in [1.165, 1.54) is 5.39 Å². The molecule has 0 fully saturated rings.